The molecule has 0 radical (unpaired) electrons. The third kappa shape index (κ3) is 4.66. The largest absolute Gasteiger partial charge is 0.310 e. The first-order chi connectivity index (χ1) is 27.2. The van der Waals surface area contributed by atoms with Crippen molar-refractivity contribution in [2.24, 2.45) is 23.7 Å². The first-order valence-corrected chi connectivity index (χ1v) is 22.2. The van der Waals surface area contributed by atoms with Gasteiger partial charge in [-0.15, -0.1) is 11.3 Å². The van der Waals surface area contributed by atoms with Crippen molar-refractivity contribution in [3.05, 3.63) is 150 Å². The summed E-state index contributed by atoms with van der Waals surface area (Å²) in [6.07, 6.45) is 9.58. The van der Waals surface area contributed by atoms with Gasteiger partial charge in [0.2, 0.25) is 0 Å². The highest BCUT2D eigenvalue weighted by atomic mass is 32.1. The van der Waals surface area contributed by atoms with Gasteiger partial charge in [-0.3, -0.25) is 0 Å². The van der Waals surface area contributed by atoms with Crippen LogP contribution in [0.15, 0.2) is 127 Å². The van der Waals surface area contributed by atoms with E-state index in [4.69, 9.17) is 0 Å². The molecule has 1 heterocycles. The van der Waals surface area contributed by atoms with Crippen LogP contribution in [0.25, 0.3) is 42.4 Å². The summed E-state index contributed by atoms with van der Waals surface area (Å²) in [5, 5.41) is 2.69. The molecule has 6 aliphatic carbocycles. The Bertz CT molecular complexity index is 2700. The molecule has 4 bridgehead atoms. The number of fused-ring (bicyclic) bond motifs is 7. The van der Waals surface area contributed by atoms with E-state index in [1.807, 2.05) is 11.3 Å². The van der Waals surface area contributed by atoms with E-state index in [-0.39, 0.29) is 16.2 Å². The minimum Gasteiger partial charge on any atom is -0.310 e. The molecule has 1 aromatic heterocycles. The van der Waals surface area contributed by atoms with Gasteiger partial charge in [0, 0.05) is 42.6 Å². The molecule has 1 spiro atoms. The zero-order valence-electron chi connectivity index (χ0n) is 33.2. The van der Waals surface area contributed by atoms with Crippen molar-refractivity contribution in [3.8, 4) is 22.3 Å². The number of anilines is 3. The van der Waals surface area contributed by atoms with Gasteiger partial charge in [-0.1, -0.05) is 107 Å². The van der Waals surface area contributed by atoms with E-state index >= 15 is 0 Å². The molecule has 13 rings (SSSR count). The summed E-state index contributed by atoms with van der Waals surface area (Å²) < 4.78 is 2.68. The fourth-order valence-electron chi connectivity index (χ4n) is 13.2. The van der Waals surface area contributed by atoms with Crippen molar-refractivity contribution < 1.29 is 0 Å². The van der Waals surface area contributed by atoms with E-state index < -0.39 is 0 Å². The topological polar surface area (TPSA) is 3.24 Å². The minimum absolute atomic E-state index is 0.133. The molecule has 7 aromatic rings. The van der Waals surface area contributed by atoms with E-state index in [0.717, 1.165) is 23.7 Å². The number of rotatable bonds is 4. The fraction of sp³-hybridized carbons (Fsp3) is 0.333. The molecular weight excluding hydrogens is 695 g/mol. The van der Waals surface area contributed by atoms with Gasteiger partial charge in [0.05, 0.1) is 0 Å². The first kappa shape index (κ1) is 33.5. The molecule has 0 saturated heterocycles. The Morgan fingerprint density at radius 2 is 1.07 bits per heavy atom. The average molecular weight is 746 g/mol. The standard InChI is InChI=1S/C54H51NS/c1-52(2)23-24-53(3,4)49-31-40(19-22-47(49)52)55(41-18-21-45-44-10-6-8-12-50(44)56-51(45)32-41)39-16-13-35(14-17-39)36-15-20-43-42-9-5-7-11-46(42)54(48(43)30-36)37-26-33-25-34(28-37)29-38(54)27-33/h5-22,30-34,37-38H,23-29H2,1-4H3. The predicted octanol–water partition coefficient (Wildman–Crippen LogP) is 15.3. The fourth-order valence-corrected chi connectivity index (χ4v) is 14.3. The quantitative estimate of drug-likeness (QED) is 0.173. The second kappa shape index (κ2) is 11.7. The molecule has 2 heteroatoms. The summed E-state index contributed by atoms with van der Waals surface area (Å²) in [5.74, 6) is 3.45. The van der Waals surface area contributed by atoms with Gasteiger partial charge in [0.15, 0.2) is 0 Å². The Kier molecular flexibility index (Phi) is 6.99. The molecule has 6 aliphatic rings. The number of nitrogens with zero attached hydrogens (tertiary/aromatic N) is 1. The smallest absolute Gasteiger partial charge is 0.0476 e. The lowest BCUT2D eigenvalue weighted by Crippen LogP contribution is -2.55. The number of benzene rings is 6. The van der Waals surface area contributed by atoms with Crippen LogP contribution < -0.4 is 4.90 Å². The Morgan fingerprint density at radius 3 is 1.86 bits per heavy atom. The predicted molar refractivity (Wildman–Crippen MR) is 238 cm³/mol. The highest BCUT2D eigenvalue weighted by molar-refractivity contribution is 7.25. The molecule has 0 atom stereocenters. The maximum absolute atomic E-state index is 2.63. The van der Waals surface area contributed by atoms with Gasteiger partial charge in [-0.2, -0.15) is 0 Å². The molecule has 6 aromatic carbocycles. The van der Waals surface area contributed by atoms with Gasteiger partial charge in [0.1, 0.15) is 0 Å². The van der Waals surface area contributed by atoms with Crippen LogP contribution in [0.3, 0.4) is 0 Å². The Morgan fingerprint density at radius 1 is 0.464 bits per heavy atom. The van der Waals surface area contributed by atoms with Crippen molar-refractivity contribution in [1.29, 1.82) is 0 Å². The minimum atomic E-state index is 0.133. The van der Waals surface area contributed by atoms with E-state index in [1.165, 1.54) is 116 Å². The van der Waals surface area contributed by atoms with E-state index in [2.05, 4.69) is 160 Å². The normalized spacial score (nSPS) is 26.1. The zero-order chi connectivity index (χ0) is 37.6. The Labute approximate surface area is 336 Å². The second-order valence-corrected chi connectivity index (χ2v) is 20.7. The summed E-state index contributed by atoms with van der Waals surface area (Å²) in [6, 6.07) is 49.8. The third-order valence-corrected chi connectivity index (χ3v) is 16.9. The van der Waals surface area contributed by atoms with Crippen molar-refractivity contribution in [2.75, 3.05) is 4.90 Å². The van der Waals surface area contributed by atoms with Crippen LogP contribution in [0.1, 0.15) is 94.9 Å². The summed E-state index contributed by atoms with van der Waals surface area (Å²) in [7, 11) is 0. The number of thiophene rings is 1. The Balaban J connectivity index is 0.978. The SMILES string of the molecule is CC1(C)CCC(C)(C)c2cc(N(c3ccc(-c4ccc5c(c4)C4(c6ccccc6-5)C5CC6CC(C5)CC4C6)cc3)c3ccc4c(c3)sc3ccccc34)ccc21. The van der Waals surface area contributed by atoms with Crippen LogP contribution in [0.4, 0.5) is 17.1 Å². The van der Waals surface area contributed by atoms with Crippen molar-refractivity contribution in [2.45, 2.75) is 88.9 Å². The molecule has 1 nitrogen and oxygen atoms in total. The zero-order valence-corrected chi connectivity index (χ0v) is 34.1. The first-order valence-electron chi connectivity index (χ1n) is 21.4. The lowest BCUT2D eigenvalue weighted by atomic mass is 9.43. The summed E-state index contributed by atoms with van der Waals surface area (Å²) in [5.41, 5.74) is 16.1. The monoisotopic (exact) mass is 745 g/mol. The number of hydrogen-bond acceptors (Lipinski definition) is 2. The van der Waals surface area contributed by atoms with E-state index in [1.54, 1.807) is 11.1 Å². The molecule has 4 saturated carbocycles. The van der Waals surface area contributed by atoms with E-state index in [9.17, 15) is 0 Å². The highest BCUT2D eigenvalue weighted by Crippen LogP contribution is 2.69. The van der Waals surface area contributed by atoms with Crippen molar-refractivity contribution in [3.63, 3.8) is 0 Å². The second-order valence-electron chi connectivity index (χ2n) is 19.6. The summed E-state index contributed by atoms with van der Waals surface area (Å²) in [4.78, 5) is 2.51. The van der Waals surface area contributed by atoms with Gasteiger partial charge < -0.3 is 4.90 Å². The average Bonchev–Trinajstić information content (AvgIpc) is 3.72. The van der Waals surface area contributed by atoms with Gasteiger partial charge in [-0.25, -0.2) is 0 Å². The summed E-state index contributed by atoms with van der Waals surface area (Å²) in [6.45, 7) is 9.73. The Hall–Kier alpha value is -4.66. The van der Waals surface area contributed by atoms with Gasteiger partial charge in [0.25, 0.3) is 0 Å². The van der Waals surface area contributed by atoms with Gasteiger partial charge >= 0.3 is 0 Å². The van der Waals surface area contributed by atoms with Crippen LogP contribution in [-0.2, 0) is 16.2 Å². The van der Waals surface area contributed by atoms with Crippen molar-refractivity contribution in [1.82, 2.24) is 0 Å². The van der Waals surface area contributed by atoms with Gasteiger partial charge in [-0.05, 0) is 172 Å². The van der Waals surface area contributed by atoms with Crippen LogP contribution in [0, 0.1) is 23.7 Å². The third-order valence-electron chi connectivity index (χ3n) is 15.7. The van der Waals surface area contributed by atoms with Crippen molar-refractivity contribution >= 4 is 48.6 Å². The molecule has 0 unspecified atom stereocenters. The molecule has 0 amide bonds. The molecule has 278 valence electrons. The van der Waals surface area contributed by atoms with Crippen LogP contribution in [0.5, 0.6) is 0 Å². The highest BCUT2D eigenvalue weighted by Gasteiger charge is 2.61. The number of hydrogen-bond donors (Lipinski definition) is 0. The molecule has 0 aliphatic heterocycles. The molecular formula is C54H51NS. The molecule has 56 heavy (non-hydrogen) atoms. The maximum atomic E-state index is 2.63. The van der Waals surface area contributed by atoms with Crippen LogP contribution in [0.2, 0.25) is 0 Å². The molecule has 0 N–H and O–H groups in total. The maximum Gasteiger partial charge on any atom is 0.0476 e. The summed E-state index contributed by atoms with van der Waals surface area (Å²) >= 11 is 1.90. The van der Waals surface area contributed by atoms with Crippen LogP contribution in [-0.4, -0.2) is 0 Å². The van der Waals surface area contributed by atoms with Crippen LogP contribution >= 0.6 is 11.3 Å². The van der Waals surface area contributed by atoms with E-state index in [0.29, 0.717) is 0 Å². The molecule has 4 fully saturated rings. The lowest BCUT2D eigenvalue weighted by Gasteiger charge is -2.61. The lowest BCUT2D eigenvalue weighted by molar-refractivity contribution is -0.0399.